The van der Waals surface area contributed by atoms with Crippen molar-refractivity contribution in [2.75, 3.05) is 25.5 Å². The lowest BCUT2D eigenvalue weighted by Crippen LogP contribution is -2.34. The Labute approximate surface area is 192 Å². The Kier molecular flexibility index (Phi) is 6.50. The van der Waals surface area contributed by atoms with E-state index < -0.39 is 0 Å². The van der Waals surface area contributed by atoms with Gasteiger partial charge in [0.2, 0.25) is 11.8 Å². The number of carbonyl (C=O) groups is 1. The van der Waals surface area contributed by atoms with Crippen molar-refractivity contribution in [2.24, 2.45) is 0 Å². The van der Waals surface area contributed by atoms with Gasteiger partial charge in [0.25, 0.3) is 0 Å². The number of pyridine rings is 2. The standard InChI is InChI=1S/C23H25ClN6O2/c1-14(18-11-21(32-3)27-12-19(18)24)23(31)30-10-7-16(13-30)29-20-6-5-17(15(2)28-20)22-25-8-4-9-26-22/h4-6,8-9,11-12,14,16H,7,10,13H2,1-3H3,(H,28,29)/t14-,16+/m1/s1. The fourth-order valence-electron chi connectivity index (χ4n) is 3.89. The molecule has 4 heterocycles. The summed E-state index contributed by atoms with van der Waals surface area (Å²) in [6.45, 7) is 5.08. The smallest absolute Gasteiger partial charge is 0.229 e. The van der Waals surface area contributed by atoms with Crippen LogP contribution in [0.3, 0.4) is 0 Å². The summed E-state index contributed by atoms with van der Waals surface area (Å²) in [5, 5.41) is 3.91. The molecule has 9 heteroatoms. The molecule has 1 saturated heterocycles. The van der Waals surface area contributed by atoms with Gasteiger partial charge in [0.1, 0.15) is 5.82 Å². The third kappa shape index (κ3) is 4.65. The first-order valence-electron chi connectivity index (χ1n) is 10.5. The maximum absolute atomic E-state index is 13.1. The molecule has 0 saturated carbocycles. The van der Waals surface area contributed by atoms with Crippen LogP contribution in [0.5, 0.6) is 5.88 Å². The first-order valence-corrected chi connectivity index (χ1v) is 10.8. The lowest BCUT2D eigenvalue weighted by molar-refractivity contribution is -0.131. The van der Waals surface area contributed by atoms with Gasteiger partial charge in [0.15, 0.2) is 5.82 Å². The number of likely N-dealkylation sites (tertiary alicyclic amines) is 1. The van der Waals surface area contributed by atoms with E-state index in [4.69, 9.17) is 16.3 Å². The van der Waals surface area contributed by atoms with Gasteiger partial charge in [0, 0.05) is 49.4 Å². The number of rotatable bonds is 6. The largest absolute Gasteiger partial charge is 0.481 e. The molecule has 0 radical (unpaired) electrons. The highest BCUT2D eigenvalue weighted by Gasteiger charge is 2.31. The summed E-state index contributed by atoms with van der Waals surface area (Å²) in [6.07, 6.45) is 5.80. The highest BCUT2D eigenvalue weighted by atomic mass is 35.5. The van der Waals surface area contributed by atoms with Gasteiger partial charge in [-0.25, -0.2) is 19.9 Å². The number of carbonyl (C=O) groups excluding carboxylic acids is 1. The number of nitrogens with zero attached hydrogens (tertiary/aromatic N) is 5. The van der Waals surface area contributed by atoms with Crippen LogP contribution in [0.25, 0.3) is 11.4 Å². The number of hydrogen-bond acceptors (Lipinski definition) is 7. The van der Waals surface area contributed by atoms with Gasteiger partial charge >= 0.3 is 0 Å². The Bertz CT molecular complexity index is 1110. The molecule has 3 aromatic rings. The van der Waals surface area contributed by atoms with Crippen LogP contribution in [0.4, 0.5) is 5.82 Å². The zero-order valence-corrected chi connectivity index (χ0v) is 19.0. The van der Waals surface area contributed by atoms with E-state index in [0.717, 1.165) is 29.1 Å². The minimum atomic E-state index is -0.385. The van der Waals surface area contributed by atoms with Gasteiger partial charge in [-0.15, -0.1) is 0 Å². The number of aryl methyl sites for hydroxylation is 1. The number of aromatic nitrogens is 4. The molecule has 32 heavy (non-hydrogen) atoms. The molecule has 1 aliphatic rings. The van der Waals surface area contributed by atoms with Crippen LogP contribution in [0.2, 0.25) is 5.02 Å². The van der Waals surface area contributed by atoms with Crippen LogP contribution in [0.1, 0.15) is 30.5 Å². The molecule has 2 atom stereocenters. The SMILES string of the molecule is COc1cc([C@@H](C)C(=O)N2CC[C@H](Nc3ccc(-c4ncccn4)c(C)n3)C2)c(Cl)cn1. The third-order valence-corrected chi connectivity index (χ3v) is 5.97. The van der Waals surface area contributed by atoms with E-state index in [0.29, 0.717) is 29.8 Å². The van der Waals surface area contributed by atoms with Gasteiger partial charge in [0.05, 0.1) is 23.7 Å². The molecule has 0 unspecified atom stereocenters. The number of hydrogen-bond donors (Lipinski definition) is 1. The molecule has 4 rings (SSSR count). The molecule has 3 aromatic heterocycles. The molecular formula is C23H25ClN6O2. The molecule has 1 N–H and O–H groups in total. The van der Waals surface area contributed by atoms with Crippen molar-refractivity contribution in [3.05, 3.63) is 59.1 Å². The van der Waals surface area contributed by atoms with Crippen molar-refractivity contribution in [2.45, 2.75) is 32.2 Å². The van der Waals surface area contributed by atoms with Crippen LogP contribution < -0.4 is 10.1 Å². The summed E-state index contributed by atoms with van der Waals surface area (Å²) in [4.78, 5) is 32.3. The van der Waals surface area contributed by atoms with Gasteiger partial charge in [-0.2, -0.15) is 0 Å². The summed E-state index contributed by atoms with van der Waals surface area (Å²) in [5.41, 5.74) is 2.47. The first kappa shape index (κ1) is 22.0. The molecule has 1 fully saturated rings. The predicted octanol–water partition coefficient (Wildman–Crippen LogP) is 3.72. The van der Waals surface area contributed by atoms with E-state index >= 15 is 0 Å². The second-order valence-corrected chi connectivity index (χ2v) is 8.19. The maximum atomic E-state index is 13.1. The number of ether oxygens (including phenoxy) is 1. The van der Waals surface area contributed by atoms with E-state index in [2.05, 4.69) is 25.3 Å². The Balaban J connectivity index is 1.40. The van der Waals surface area contributed by atoms with Crippen molar-refractivity contribution in [1.82, 2.24) is 24.8 Å². The lowest BCUT2D eigenvalue weighted by Gasteiger charge is -2.22. The zero-order chi connectivity index (χ0) is 22.7. The maximum Gasteiger partial charge on any atom is 0.229 e. The Morgan fingerprint density at radius 2 is 2.06 bits per heavy atom. The topological polar surface area (TPSA) is 93.1 Å². The predicted molar refractivity (Wildman–Crippen MR) is 123 cm³/mol. The average Bonchev–Trinajstić information content (AvgIpc) is 3.27. The normalized spacial score (nSPS) is 16.6. The third-order valence-electron chi connectivity index (χ3n) is 5.65. The van der Waals surface area contributed by atoms with E-state index in [9.17, 15) is 4.79 Å². The molecule has 0 aliphatic carbocycles. The van der Waals surface area contributed by atoms with E-state index in [1.54, 1.807) is 31.6 Å². The number of anilines is 1. The molecule has 8 nitrogen and oxygen atoms in total. The number of halogens is 1. The number of nitrogens with one attached hydrogen (secondary N) is 1. The molecule has 0 aromatic carbocycles. The van der Waals surface area contributed by atoms with Gasteiger partial charge in [-0.1, -0.05) is 11.6 Å². The molecule has 1 aliphatic heterocycles. The number of methoxy groups -OCH3 is 1. The Hall–Kier alpha value is -3.26. The molecule has 1 amide bonds. The Morgan fingerprint density at radius 3 is 2.78 bits per heavy atom. The second kappa shape index (κ2) is 9.48. The van der Waals surface area contributed by atoms with Crippen molar-refractivity contribution < 1.29 is 9.53 Å². The molecule has 166 valence electrons. The minimum absolute atomic E-state index is 0.0326. The fraction of sp³-hybridized carbons (Fsp3) is 0.348. The number of amides is 1. The summed E-state index contributed by atoms with van der Waals surface area (Å²) >= 11 is 6.29. The van der Waals surface area contributed by atoms with Crippen LogP contribution in [0, 0.1) is 6.92 Å². The van der Waals surface area contributed by atoms with Gasteiger partial charge in [-0.3, -0.25) is 4.79 Å². The van der Waals surface area contributed by atoms with Crippen LogP contribution >= 0.6 is 11.6 Å². The van der Waals surface area contributed by atoms with Crippen LogP contribution in [-0.2, 0) is 4.79 Å². The summed E-state index contributed by atoms with van der Waals surface area (Å²) < 4.78 is 5.18. The van der Waals surface area contributed by atoms with Crippen LogP contribution in [-0.4, -0.2) is 57.0 Å². The highest BCUT2D eigenvalue weighted by molar-refractivity contribution is 6.31. The minimum Gasteiger partial charge on any atom is -0.481 e. The highest BCUT2D eigenvalue weighted by Crippen LogP contribution is 2.29. The van der Waals surface area contributed by atoms with E-state index in [1.807, 2.05) is 30.9 Å². The summed E-state index contributed by atoms with van der Waals surface area (Å²) in [5.74, 6) is 1.52. The quantitative estimate of drug-likeness (QED) is 0.609. The lowest BCUT2D eigenvalue weighted by atomic mass is 10.0. The average molecular weight is 453 g/mol. The molecule has 0 bridgehead atoms. The molecule has 0 spiro atoms. The zero-order valence-electron chi connectivity index (χ0n) is 18.2. The fourth-order valence-corrected chi connectivity index (χ4v) is 4.15. The summed E-state index contributed by atoms with van der Waals surface area (Å²) in [7, 11) is 1.54. The van der Waals surface area contributed by atoms with Crippen molar-refractivity contribution in [1.29, 1.82) is 0 Å². The van der Waals surface area contributed by atoms with Gasteiger partial charge in [-0.05, 0) is 44.0 Å². The monoisotopic (exact) mass is 452 g/mol. The summed E-state index contributed by atoms with van der Waals surface area (Å²) in [6, 6.07) is 7.53. The van der Waals surface area contributed by atoms with E-state index in [1.165, 1.54) is 6.20 Å². The van der Waals surface area contributed by atoms with Crippen molar-refractivity contribution in [3.8, 4) is 17.3 Å². The molecular weight excluding hydrogens is 428 g/mol. The first-order chi connectivity index (χ1) is 15.5. The van der Waals surface area contributed by atoms with Crippen molar-refractivity contribution in [3.63, 3.8) is 0 Å². The van der Waals surface area contributed by atoms with Crippen LogP contribution in [0.15, 0.2) is 42.9 Å². The Morgan fingerprint density at radius 1 is 1.28 bits per heavy atom. The second-order valence-electron chi connectivity index (χ2n) is 7.79. The van der Waals surface area contributed by atoms with E-state index in [-0.39, 0.29) is 17.9 Å². The van der Waals surface area contributed by atoms with Crippen molar-refractivity contribution >= 4 is 23.3 Å². The van der Waals surface area contributed by atoms with Gasteiger partial charge < -0.3 is 15.0 Å².